The Morgan fingerprint density at radius 2 is 2.19 bits per heavy atom. The summed E-state index contributed by atoms with van der Waals surface area (Å²) < 4.78 is 20.8. The zero-order valence-corrected chi connectivity index (χ0v) is 12.3. The Morgan fingerprint density at radius 3 is 2.86 bits per heavy atom. The van der Waals surface area contributed by atoms with E-state index in [1.807, 2.05) is 11.6 Å². The van der Waals surface area contributed by atoms with Crippen LogP contribution in [0.1, 0.15) is 30.4 Å². The van der Waals surface area contributed by atoms with Gasteiger partial charge in [0, 0.05) is 25.1 Å². The van der Waals surface area contributed by atoms with E-state index in [1.54, 1.807) is 6.07 Å². The summed E-state index contributed by atoms with van der Waals surface area (Å²) in [6.45, 7) is 0.226. The van der Waals surface area contributed by atoms with Gasteiger partial charge in [-0.05, 0) is 25.0 Å². The molecule has 112 valence electrons. The highest BCUT2D eigenvalue weighted by molar-refractivity contribution is 6.30. The van der Waals surface area contributed by atoms with Crippen LogP contribution in [0.15, 0.2) is 18.2 Å². The first kappa shape index (κ1) is 14.3. The average Bonchev–Trinajstić information content (AvgIpc) is 2.78. The van der Waals surface area contributed by atoms with Gasteiger partial charge >= 0.3 is 0 Å². The van der Waals surface area contributed by atoms with Gasteiger partial charge in [0.1, 0.15) is 24.0 Å². The number of nitrogens with zero attached hydrogens (tertiary/aromatic N) is 3. The molecule has 21 heavy (non-hydrogen) atoms. The van der Waals surface area contributed by atoms with Gasteiger partial charge in [-0.1, -0.05) is 11.6 Å². The number of halogens is 2. The molecule has 0 aliphatic heterocycles. The van der Waals surface area contributed by atoms with Gasteiger partial charge in [-0.15, -0.1) is 10.2 Å². The molecule has 0 atom stereocenters. The Bertz CT molecular complexity index is 654. The normalized spacial score (nSPS) is 21.1. The van der Waals surface area contributed by atoms with Crippen molar-refractivity contribution in [3.8, 4) is 5.75 Å². The Labute approximate surface area is 126 Å². The smallest absolute Gasteiger partial charge is 0.170 e. The van der Waals surface area contributed by atoms with Gasteiger partial charge in [-0.2, -0.15) is 0 Å². The molecular formula is C14H16ClFN4O. The Kier molecular flexibility index (Phi) is 3.82. The van der Waals surface area contributed by atoms with Gasteiger partial charge in [-0.3, -0.25) is 0 Å². The van der Waals surface area contributed by atoms with Crippen molar-refractivity contribution in [3.05, 3.63) is 40.7 Å². The first-order chi connectivity index (χ1) is 10.0. The van der Waals surface area contributed by atoms with Crippen molar-refractivity contribution in [1.82, 2.24) is 14.8 Å². The molecule has 0 radical (unpaired) electrons. The minimum absolute atomic E-state index is 0.0737. The molecule has 0 saturated heterocycles. The van der Waals surface area contributed by atoms with Crippen molar-refractivity contribution in [2.45, 2.75) is 31.4 Å². The zero-order chi connectivity index (χ0) is 15.0. The van der Waals surface area contributed by atoms with Crippen molar-refractivity contribution in [1.29, 1.82) is 0 Å². The van der Waals surface area contributed by atoms with E-state index < -0.39 is 5.82 Å². The van der Waals surface area contributed by atoms with Crippen LogP contribution in [0.5, 0.6) is 5.75 Å². The lowest BCUT2D eigenvalue weighted by Crippen LogP contribution is -2.36. The van der Waals surface area contributed by atoms with Crippen LogP contribution in [-0.2, 0) is 13.7 Å². The molecule has 3 rings (SSSR count). The predicted octanol–water partition coefficient (Wildman–Crippen LogP) is 2.39. The minimum Gasteiger partial charge on any atom is -0.485 e. The fraction of sp³-hybridized carbons (Fsp3) is 0.429. The van der Waals surface area contributed by atoms with Gasteiger partial charge in [0.25, 0.3) is 0 Å². The van der Waals surface area contributed by atoms with Gasteiger partial charge < -0.3 is 15.0 Å². The number of aromatic nitrogens is 3. The summed E-state index contributed by atoms with van der Waals surface area (Å²) in [6, 6.07) is 4.60. The van der Waals surface area contributed by atoms with E-state index in [1.165, 1.54) is 12.1 Å². The topological polar surface area (TPSA) is 66.0 Å². The molecule has 2 N–H and O–H groups in total. The highest BCUT2D eigenvalue weighted by Crippen LogP contribution is 2.34. The maximum atomic E-state index is 13.3. The van der Waals surface area contributed by atoms with Crippen molar-refractivity contribution in [3.63, 3.8) is 0 Å². The second kappa shape index (κ2) is 5.61. The Balaban J connectivity index is 1.66. The van der Waals surface area contributed by atoms with Gasteiger partial charge in [0.2, 0.25) is 0 Å². The molecule has 0 amide bonds. The minimum atomic E-state index is -0.503. The number of nitrogens with two attached hydrogens (primary N) is 1. The summed E-state index contributed by atoms with van der Waals surface area (Å²) in [7, 11) is 1.90. The lowest BCUT2D eigenvalue weighted by atomic mass is 9.80. The van der Waals surface area contributed by atoms with E-state index in [2.05, 4.69) is 10.2 Å². The van der Waals surface area contributed by atoms with Gasteiger partial charge in [0.05, 0.1) is 5.02 Å². The molecule has 1 saturated carbocycles. The largest absolute Gasteiger partial charge is 0.485 e. The highest BCUT2D eigenvalue weighted by Gasteiger charge is 2.31. The first-order valence-corrected chi connectivity index (χ1v) is 7.14. The van der Waals surface area contributed by atoms with E-state index in [4.69, 9.17) is 22.1 Å². The Hall–Kier alpha value is -1.66. The summed E-state index contributed by atoms with van der Waals surface area (Å²) in [4.78, 5) is 0. The number of rotatable bonds is 4. The third kappa shape index (κ3) is 2.87. The number of ether oxygens (including phenoxy) is 1. The highest BCUT2D eigenvalue weighted by atomic mass is 35.5. The van der Waals surface area contributed by atoms with E-state index >= 15 is 0 Å². The van der Waals surface area contributed by atoms with Crippen LogP contribution in [0.3, 0.4) is 0 Å². The van der Waals surface area contributed by atoms with Crippen LogP contribution in [0.4, 0.5) is 4.39 Å². The van der Waals surface area contributed by atoms with E-state index in [-0.39, 0.29) is 17.7 Å². The molecule has 1 aromatic heterocycles. The summed E-state index contributed by atoms with van der Waals surface area (Å²) in [6.07, 6.45) is 1.88. The van der Waals surface area contributed by atoms with Crippen LogP contribution in [-0.4, -0.2) is 20.8 Å². The van der Waals surface area contributed by atoms with Crippen molar-refractivity contribution < 1.29 is 9.13 Å². The molecular weight excluding hydrogens is 295 g/mol. The lowest BCUT2D eigenvalue weighted by molar-refractivity contribution is 0.287. The maximum absolute atomic E-state index is 13.3. The molecule has 1 aliphatic carbocycles. The average molecular weight is 311 g/mol. The van der Waals surface area contributed by atoms with Crippen LogP contribution < -0.4 is 10.5 Å². The second-order valence-corrected chi connectivity index (χ2v) is 5.73. The fourth-order valence-electron chi connectivity index (χ4n) is 2.44. The molecule has 1 aromatic carbocycles. The van der Waals surface area contributed by atoms with E-state index in [0.717, 1.165) is 18.7 Å². The predicted molar refractivity (Wildman–Crippen MR) is 76.7 cm³/mol. The first-order valence-electron chi connectivity index (χ1n) is 6.76. The molecule has 5 nitrogen and oxygen atoms in total. The molecule has 0 unspecified atom stereocenters. The Morgan fingerprint density at radius 1 is 1.43 bits per heavy atom. The fourth-order valence-corrected chi connectivity index (χ4v) is 2.56. The second-order valence-electron chi connectivity index (χ2n) is 5.33. The standard InChI is InChI=1S/C14H16ClFN4O/c1-20-13(18-19-14(20)8-4-9(17)5-8)7-21-10-2-3-11(15)12(16)6-10/h2-3,6,8-9H,4-5,7,17H2,1H3. The third-order valence-corrected chi connectivity index (χ3v) is 4.10. The summed E-state index contributed by atoms with van der Waals surface area (Å²) in [5, 5.41) is 8.40. The van der Waals surface area contributed by atoms with Gasteiger partial charge in [-0.25, -0.2) is 4.39 Å². The summed E-state index contributed by atoms with van der Waals surface area (Å²) in [5.41, 5.74) is 5.80. The van der Waals surface area contributed by atoms with Gasteiger partial charge in [0.15, 0.2) is 5.82 Å². The SMILES string of the molecule is Cn1c(COc2ccc(Cl)c(F)c2)nnc1C1CC(N)C1. The van der Waals surface area contributed by atoms with Crippen LogP contribution in [0.2, 0.25) is 5.02 Å². The monoisotopic (exact) mass is 310 g/mol. The third-order valence-electron chi connectivity index (χ3n) is 3.80. The van der Waals surface area contributed by atoms with Crippen molar-refractivity contribution in [2.24, 2.45) is 12.8 Å². The number of benzene rings is 1. The van der Waals surface area contributed by atoms with E-state index in [0.29, 0.717) is 17.5 Å². The molecule has 0 spiro atoms. The molecule has 0 bridgehead atoms. The number of hydrogen-bond acceptors (Lipinski definition) is 4. The quantitative estimate of drug-likeness (QED) is 0.941. The molecule has 2 aromatic rings. The molecule has 1 heterocycles. The molecule has 1 aliphatic rings. The summed E-state index contributed by atoms with van der Waals surface area (Å²) >= 11 is 5.63. The van der Waals surface area contributed by atoms with Crippen molar-refractivity contribution in [2.75, 3.05) is 0 Å². The van der Waals surface area contributed by atoms with E-state index in [9.17, 15) is 4.39 Å². The van der Waals surface area contributed by atoms with Crippen LogP contribution in [0, 0.1) is 5.82 Å². The number of hydrogen-bond donors (Lipinski definition) is 1. The zero-order valence-electron chi connectivity index (χ0n) is 11.6. The molecule has 1 fully saturated rings. The lowest BCUT2D eigenvalue weighted by Gasteiger charge is -2.31. The van der Waals surface area contributed by atoms with Crippen LogP contribution >= 0.6 is 11.6 Å². The maximum Gasteiger partial charge on any atom is 0.170 e. The summed E-state index contributed by atoms with van der Waals surface area (Å²) in [5.74, 6) is 1.90. The van der Waals surface area contributed by atoms with Crippen molar-refractivity contribution >= 4 is 11.6 Å². The molecule has 7 heteroatoms. The van der Waals surface area contributed by atoms with Crippen LogP contribution in [0.25, 0.3) is 0 Å².